The molecule has 2 aliphatic rings. The maximum atomic E-state index is 12.1. The summed E-state index contributed by atoms with van der Waals surface area (Å²) in [4.78, 5) is 37.1. The number of thioether (sulfide) groups is 1. The van der Waals surface area contributed by atoms with Crippen LogP contribution in [-0.4, -0.2) is 51.5 Å². The van der Waals surface area contributed by atoms with Gasteiger partial charge in [0, 0.05) is 17.7 Å². The zero-order chi connectivity index (χ0) is 15.8. The van der Waals surface area contributed by atoms with Crippen LogP contribution >= 0.6 is 11.8 Å². The zero-order valence-electron chi connectivity index (χ0n) is 12.9. The highest BCUT2D eigenvalue weighted by Gasteiger charge is 2.53. The standard InChI is InChI=1S/C14H22N2O4S/c1-13(2,3)15-10(17)7-20-12(19)9-8-21-14(4)6-5-11(18)16(9)14/h9H,5-8H2,1-4H3,(H,15,17)/t9-,14-/m0/s1. The number of rotatable bonds is 3. The minimum Gasteiger partial charge on any atom is -0.454 e. The van der Waals surface area contributed by atoms with Gasteiger partial charge in [0.05, 0.1) is 4.87 Å². The molecule has 0 aromatic heterocycles. The van der Waals surface area contributed by atoms with Crippen molar-refractivity contribution in [2.45, 2.75) is 57.0 Å². The van der Waals surface area contributed by atoms with Crippen LogP contribution in [0.2, 0.25) is 0 Å². The predicted molar refractivity (Wildman–Crippen MR) is 79.6 cm³/mol. The molecule has 0 aliphatic carbocycles. The maximum Gasteiger partial charge on any atom is 0.330 e. The van der Waals surface area contributed by atoms with Crippen LogP contribution in [0.1, 0.15) is 40.5 Å². The number of esters is 1. The van der Waals surface area contributed by atoms with Gasteiger partial charge in [-0.2, -0.15) is 0 Å². The molecule has 2 fully saturated rings. The fraction of sp³-hybridized carbons (Fsp3) is 0.786. The third kappa shape index (κ3) is 3.51. The molecule has 7 heteroatoms. The normalized spacial score (nSPS) is 28.5. The summed E-state index contributed by atoms with van der Waals surface area (Å²) >= 11 is 1.60. The highest BCUT2D eigenvalue weighted by atomic mass is 32.2. The van der Waals surface area contributed by atoms with Crippen LogP contribution in [0.25, 0.3) is 0 Å². The van der Waals surface area contributed by atoms with Gasteiger partial charge in [0.15, 0.2) is 6.61 Å². The van der Waals surface area contributed by atoms with E-state index in [-0.39, 0.29) is 28.8 Å². The van der Waals surface area contributed by atoms with E-state index < -0.39 is 12.0 Å². The lowest BCUT2D eigenvalue weighted by atomic mass is 10.1. The number of carbonyl (C=O) groups is 3. The molecule has 2 rings (SSSR count). The largest absolute Gasteiger partial charge is 0.454 e. The average Bonchev–Trinajstić information content (AvgIpc) is 2.82. The average molecular weight is 314 g/mol. The Morgan fingerprint density at radius 2 is 2.14 bits per heavy atom. The number of nitrogens with zero attached hydrogens (tertiary/aromatic N) is 1. The van der Waals surface area contributed by atoms with Crippen molar-refractivity contribution in [1.82, 2.24) is 10.2 Å². The second kappa shape index (κ2) is 5.51. The van der Waals surface area contributed by atoms with Crippen molar-refractivity contribution in [3.8, 4) is 0 Å². The van der Waals surface area contributed by atoms with Crippen LogP contribution in [0.4, 0.5) is 0 Å². The summed E-state index contributed by atoms with van der Waals surface area (Å²) in [5.41, 5.74) is -0.365. The lowest BCUT2D eigenvalue weighted by Gasteiger charge is -2.29. The van der Waals surface area contributed by atoms with E-state index in [0.717, 1.165) is 6.42 Å². The Morgan fingerprint density at radius 3 is 2.76 bits per heavy atom. The first-order chi connectivity index (χ1) is 9.62. The number of fused-ring (bicyclic) bond motifs is 1. The minimum atomic E-state index is -0.572. The van der Waals surface area contributed by atoms with Crippen LogP contribution in [-0.2, 0) is 19.1 Å². The van der Waals surface area contributed by atoms with Gasteiger partial charge in [0.2, 0.25) is 5.91 Å². The number of amides is 2. The molecular formula is C14H22N2O4S. The fourth-order valence-electron chi connectivity index (χ4n) is 2.68. The molecule has 2 heterocycles. The van der Waals surface area contributed by atoms with Gasteiger partial charge in [-0.25, -0.2) is 4.79 Å². The number of carbonyl (C=O) groups excluding carboxylic acids is 3. The molecular weight excluding hydrogens is 292 g/mol. The highest BCUT2D eigenvalue weighted by molar-refractivity contribution is 8.01. The van der Waals surface area contributed by atoms with Crippen molar-refractivity contribution in [2.75, 3.05) is 12.4 Å². The Morgan fingerprint density at radius 1 is 1.48 bits per heavy atom. The van der Waals surface area contributed by atoms with E-state index in [4.69, 9.17) is 4.74 Å². The molecule has 0 aromatic rings. The molecule has 2 atom stereocenters. The van der Waals surface area contributed by atoms with Crippen LogP contribution in [0.5, 0.6) is 0 Å². The van der Waals surface area contributed by atoms with E-state index in [2.05, 4.69) is 5.32 Å². The monoisotopic (exact) mass is 314 g/mol. The van der Waals surface area contributed by atoms with Crippen LogP contribution in [0.3, 0.4) is 0 Å². The summed E-state index contributed by atoms with van der Waals surface area (Å²) in [6.45, 7) is 7.23. The third-order valence-electron chi connectivity index (χ3n) is 3.58. The van der Waals surface area contributed by atoms with Gasteiger partial charge >= 0.3 is 5.97 Å². The summed E-state index contributed by atoms with van der Waals surface area (Å²) in [7, 11) is 0. The Kier molecular flexibility index (Phi) is 4.24. The molecule has 21 heavy (non-hydrogen) atoms. The molecule has 0 bridgehead atoms. The second-order valence-electron chi connectivity index (χ2n) is 6.67. The lowest BCUT2D eigenvalue weighted by Crippen LogP contribution is -2.48. The first-order valence-electron chi connectivity index (χ1n) is 7.06. The summed E-state index contributed by atoms with van der Waals surface area (Å²) in [5, 5.41) is 2.73. The zero-order valence-corrected chi connectivity index (χ0v) is 13.7. The lowest BCUT2D eigenvalue weighted by molar-refractivity contribution is -0.156. The molecule has 0 spiro atoms. The summed E-state index contributed by atoms with van der Waals surface area (Å²) in [6, 6.07) is -0.572. The molecule has 0 unspecified atom stereocenters. The molecule has 118 valence electrons. The van der Waals surface area contributed by atoms with Crippen molar-refractivity contribution >= 4 is 29.5 Å². The van der Waals surface area contributed by atoms with Crippen LogP contribution in [0.15, 0.2) is 0 Å². The molecule has 1 N–H and O–H groups in total. The molecule has 6 nitrogen and oxygen atoms in total. The highest BCUT2D eigenvalue weighted by Crippen LogP contribution is 2.47. The quantitative estimate of drug-likeness (QED) is 0.783. The Labute approximate surface area is 129 Å². The summed E-state index contributed by atoms with van der Waals surface area (Å²) in [5.74, 6) is -0.312. The Hall–Kier alpha value is -1.24. The number of hydrogen-bond donors (Lipinski definition) is 1. The summed E-state index contributed by atoms with van der Waals surface area (Å²) in [6.07, 6.45) is 1.22. The van der Waals surface area contributed by atoms with Crippen molar-refractivity contribution in [3.05, 3.63) is 0 Å². The van der Waals surface area contributed by atoms with Crippen LogP contribution in [0, 0.1) is 0 Å². The van der Waals surface area contributed by atoms with E-state index in [9.17, 15) is 14.4 Å². The van der Waals surface area contributed by atoms with Gasteiger partial charge in [0.25, 0.3) is 5.91 Å². The van der Waals surface area contributed by atoms with Gasteiger partial charge < -0.3 is 15.0 Å². The second-order valence-corrected chi connectivity index (χ2v) is 8.17. The molecule has 2 aliphatic heterocycles. The van der Waals surface area contributed by atoms with Crippen molar-refractivity contribution in [1.29, 1.82) is 0 Å². The van der Waals surface area contributed by atoms with E-state index in [1.54, 1.807) is 16.7 Å². The molecule has 2 saturated heterocycles. The van der Waals surface area contributed by atoms with E-state index >= 15 is 0 Å². The predicted octanol–water partition coefficient (Wildman–Crippen LogP) is 0.898. The summed E-state index contributed by atoms with van der Waals surface area (Å²) < 4.78 is 5.08. The van der Waals surface area contributed by atoms with Gasteiger partial charge in [-0.3, -0.25) is 9.59 Å². The molecule has 0 radical (unpaired) electrons. The molecule has 2 amide bonds. The Balaban J connectivity index is 1.90. The van der Waals surface area contributed by atoms with E-state index in [0.29, 0.717) is 12.2 Å². The number of nitrogens with one attached hydrogen (secondary N) is 1. The van der Waals surface area contributed by atoms with Gasteiger partial charge in [-0.15, -0.1) is 11.8 Å². The molecule has 0 saturated carbocycles. The fourth-order valence-corrected chi connectivity index (χ4v) is 4.10. The topological polar surface area (TPSA) is 75.7 Å². The Bertz CT molecular complexity index is 474. The van der Waals surface area contributed by atoms with Gasteiger partial charge in [-0.1, -0.05) is 0 Å². The molecule has 0 aromatic carbocycles. The number of ether oxygens (including phenoxy) is 1. The van der Waals surface area contributed by atoms with E-state index in [1.807, 2.05) is 27.7 Å². The first kappa shape index (κ1) is 16.1. The van der Waals surface area contributed by atoms with Crippen molar-refractivity contribution < 1.29 is 19.1 Å². The third-order valence-corrected chi connectivity index (χ3v) is 5.08. The van der Waals surface area contributed by atoms with Gasteiger partial charge in [0.1, 0.15) is 6.04 Å². The van der Waals surface area contributed by atoms with Gasteiger partial charge in [-0.05, 0) is 34.1 Å². The number of hydrogen-bond acceptors (Lipinski definition) is 5. The van der Waals surface area contributed by atoms with E-state index in [1.165, 1.54) is 0 Å². The van der Waals surface area contributed by atoms with Crippen LogP contribution < -0.4 is 5.32 Å². The smallest absolute Gasteiger partial charge is 0.330 e. The minimum absolute atomic E-state index is 0.0106. The van der Waals surface area contributed by atoms with Crippen molar-refractivity contribution in [3.63, 3.8) is 0 Å². The SMILES string of the molecule is CC(C)(C)NC(=O)COC(=O)[C@@H]1CS[C@@]2(C)CCC(=O)N12. The maximum absolute atomic E-state index is 12.1. The first-order valence-corrected chi connectivity index (χ1v) is 8.05. The van der Waals surface area contributed by atoms with Crippen molar-refractivity contribution in [2.24, 2.45) is 0 Å².